The van der Waals surface area contributed by atoms with E-state index in [0.29, 0.717) is 6.42 Å². The predicted octanol–water partition coefficient (Wildman–Crippen LogP) is 1.54. The van der Waals surface area contributed by atoms with E-state index in [1.165, 1.54) is 19.3 Å². The lowest BCUT2D eigenvalue weighted by Crippen LogP contribution is -2.47. The van der Waals surface area contributed by atoms with Gasteiger partial charge in [-0.15, -0.1) is 12.4 Å². The normalized spacial score (nSPS) is 16.0. The van der Waals surface area contributed by atoms with Crippen LogP contribution in [0.4, 0.5) is 0 Å². The van der Waals surface area contributed by atoms with Crippen LogP contribution < -0.4 is 16.4 Å². The molecular formula is C17H26ClN3O2. The molecule has 2 rings (SSSR count). The molecule has 1 aliphatic carbocycles. The molecule has 2 amide bonds. The maximum atomic E-state index is 11.9. The molecule has 0 saturated heterocycles. The Hall–Kier alpha value is -1.59. The van der Waals surface area contributed by atoms with Gasteiger partial charge in [0.15, 0.2) is 0 Å². The number of amides is 2. The summed E-state index contributed by atoms with van der Waals surface area (Å²) in [6.07, 6.45) is 6.12. The number of hydrogen-bond acceptors (Lipinski definition) is 3. The summed E-state index contributed by atoms with van der Waals surface area (Å²) in [6, 6.07) is 9.24. The van der Waals surface area contributed by atoms with Crippen molar-refractivity contribution in [3.63, 3.8) is 0 Å². The summed E-state index contributed by atoms with van der Waals surface area (Å²) in [5.41, 5.74) is 6.89. The number of carbonyl (C=O) groups is 2. The SMILES string of the molecule is Cl.N[C@@H](Cc1ccccc1)C(=O)NCC(=O)NC1CCCCC1. The summed E-state index contributed by atoms with van der Waals surface area (Å²) in [5.74, 6) is -0.421. The van der Waals surface area contributed by atoms with E-state index in [1.807, 2.05) is 30.3 Å². The fourth-order valence-corrected chi connectivity index (χ4v) is 2.78. The largest absolute Gasteiger partial charge is 0.352 e. The molecule has 1 fully saturated rings. The molecule has 0 heterocycles. The maximum absolute atomic E-state index is 11.9. The Kier molecular flexibility index (Phi) is 8.66. The molecule has 0 aliphatic heterocycles. The minimum atomic E-state index is -0.634. The molecule has 0 spiro atoms. The topological polar surface area (TPSA) is 84.2 Å². The molecule has 1 aliphatic rings. The smallest absolute Gasteiger partial charge is 0.239 e. The number of hydrogen-bond donors (Lipinski definition) is 3. The van der Waals surface area contributed by atoms with Crippen LogP contribution in [0.5, 0.6) is 0 Å². The second kappa shape index (κ2) is 10.2. The van der Waals surface area contributed by atoms with E-state index in [0.717, 1.165) is 18.4 Å². The van der Waals surface area contributed by atoms with E-state index in [1.54, 1.807) is 0 Å². The van der Waals surface area contributed by atoms with Gasteiger partial charge in [-0.3, -0.25) is 9.59 Å². The van der Waals surface area contributed by atoms with E-state index < -0.39 is 6.04 Å². The van der Waals surface area contributed by atoms with Crippen molar-refractivity contribution in [3.8, 4) is 0 Å². The highest BCUT2D eigenvalue weighted by Gasteiger charge is 2.18. The lowest BCUT2D eigenvalue weighted by Gasteiger charge is -2.23. The zero-order valence-electron chi connectivity index (χ0n) is 13.3. The highest BCUT2D eigenvalue weighted by atomic mass is 35.5. The van der Waals surface area contributed by atoms with Crippen molar-refractivity contribution in [2.45, 2.75) is 50.6 Å². The van der Waals surface area contributed by atoms with Gasteiger partial charge in [-0.05, 0) is 24.8 Å². The molecule has 128 valence electrons. The Morgan fingerprint density at radius 2 is 1.78 bits per heavy atom. The van der Waals surface area contributed by atoms with Gasteiger partial charge in [-0.2, -0.15) is 0 Å². The van der Waals surface area contributed by atoms with Crippen LogP contribution in [0.2, 0.25) is 0 Å². The summed E-state index contributed by atoms with van der Waals surface area (Å²) >= 11 is 0. The van der Waals surface area contributed by atoms with Crippen LogP contribution in [0.1, 0.15) is 37.7 Å². The van der Waals surface area contributed by atoms with Crippen molar-refractivity contribution < 1.29 is 9.59 Å². The Balaban J connectivity index is 0.00000264. The second-order valence-electron chi connectivity index (χ2n) is 5.92. The fraction of sp³-hybridized carbons (Fsp3) is 0.529. The van der Waals surface area contributed by atoms with Crippen molar-refractivity contribution in [1.82, 2.24) is 10.6 Å². The van der Waals surface area contributed by atoms with Gasteiger partial charge in [0, 0.05) is 6.04 Å². The number of rotatable bonds is 6. The molecule has 1 atom stereocenters. The summed E-state index contributed by atoms with van der Waals surface area (Å²) in [4.78, 5) is 23.8. The zero-order valence-corrected chi connectivity index (χ0v) is 14.1. The second-order valence-corrected chi connectivity index (χ2v) is 5.92. The van der Waals surface area contributed by atoms with Gasteiger partial charge >= 0.3 is 0 Å². The van der Waals surface area contributed by atoms with Crippen LogP contribution in [0.25, 0.3) is 0 Å². The summed E-state index contributed by atoms with van der Waals surface area (Å²) < 4.78 is 0. The van der Waals surface area contributed by atoms with E-state index >= 15 is 0 Å². The summed E-state index contributed by atoms with van der Waals surface area (Å²) in [7, 11) is 0. The molecule has 1 aromatic rings. The highest BCUT2D eigenvalue weighted by molar-refractivity contribution is 5.87. The summed E-state index contributed by atoms with van der Waals surface area (Å²) in [6.45, 7) is -0.00216. The molecule has 4 N–H and O–H groups in total. The van der Waals surface area contributed by atoms with Crippen LogP contribution in [-0.4, -0.2) is 30.4 Å². The van der Waals surface area contributed by atoms with Crippen molar-refractivity contribution >= 4 is 24.2 Å². The molecule has 0 unspecified atom stereocenters. The number of carbonyl (C=O) groups excluding carboxylic acids is 2. The molecule has 0 bridgehead atoms. The molecule has 23 heavy (non-hydrogen) atoms. The van der Waals surface area contributed by atoms with Crippen molar-refractivity contribution in [1.29, 1.82) is 0 Å². The number of benzene rings is 1. The monoisotopic (exact) mass is 339 g/mol. The van der Waals surface area contributed by atoms with E-state index in [-0.39, 0.29) is 36.8 Å². The van der Waals surface area contributed by atoms with Gasteiger partial charge < -0.3 is 16.4 Å². The first-order valence-corrected chi connectivity index (χ1v) is 8.02. The number of nitrogens with one attached hydrogen (secondary N) is 2. The fourth-order valence-electron chi connectivity index (χ4n) is 2.78. The first-order valence-electron chi connectivity index (χ1n) is 8.02. The lowest BCUT2D eigenvalue weighted by molar-refractivity contribution is -0.127. The predicted molar refractivity (Wildman–Crippen MR) is 93.4 cm³/mol. The maximum Gasteiger partial charge on any atom is 0.239 e. The number of nitrogens with two attached hydrogens (primary N) is 1. The van der Waals surface area contributed by atoms with Gasteiger partial charge in [-0.1, -0.05) is 49.6 Å². The molecule has 6 heteroatoms. The van der Waals surface area contributed by atoms with Crippen LogP contribution in [-0.2, 0) is 16.0 Å². The van der Waals surface area contributed by atoms with Gasteiger partial charge in [0.05, 0.1) is 12.6 Å². The van der Waals surface area contributed by atoms with Gasteiger partial charge in [0.2, 0.25) is 11.8 Å². The first kappa shape index (κ1) is 19.5. The minimum Gasteiger partial charge on any atom is -0.352 e. The van der Waals surface area contributed by atoms with Gasteiger partial charge in [0.25, 0.3) is 0 Å². The lowest BCUT2D eigenvalue weighted by atomic mass is 9.95. The highest BCUT2D eigenvalue weighted by Crippen LogP contribution is 2.17. The van der Waals surface area contributed by atoms with Crippen LogP contribution in [0.15, 0.2) is 30.3 Å². The molecular weight excluding hydrogens is 314 g/mol. The van der Waals surface area contributed by atoms with E-state index in [9.17, 15) is 9.59 Å². The molecule has 0 radical (unpaired) electrons. The Morgan fingerprint density at radius 1 is 1.13 bits per heavy atom. The third kappa shape index (κ3) is 7.01. The van der Waals surface area contributed by atoms with Crippen LogP contribution >= 0.6 is 12.4 Å². The quantitative estimate of drug-likeness (QED) is 0.735. The van der Waals surface area contributed by atoms with Gasteiger partial charge in [0.1, 0.15) is 0 Å². The number of halogens is 1. The van der Waals surface area contributed by atoms with Crippen LogP contribution in [0.3, 0.4) is 0 Å². The molecule has 5 nitrogen and oxygen atoms in total. The van der Waals surface area contributed by atoms with Gasteiger partial charge in [-0.25, -0.2) is 0 Å². The third-order valence-electron chi connectivity index (χ3n) is 4.03. The zero-order chi connectivity index (χ0) is 15.8. The van der Waals surface area contributed by atoms with E-state index in [2.05, 4.69) is 10.6 Å². The summed E-state index contributed by atoms with van der Waals surface area (Å²) in [5, 5.41) is 5.58. The van der Waals surface area contributed by atoms with E-state index in [4.69, 9.17) is 5.73 Å². The van der Waals surface area contributed by atoms with Crippen molar-refractivity contribution in [2.24, 2.45) is 5.73 Å². The average Bonchev–Trinajstić information content (AvgIpc) is 2.54. The van der Waals surface area contributed by atoms with Crippen LogP contribution in [0, 0.1) is 0 Å². The average molecular weight is 340 g/mol. The van der Waals surface area contributed by atoms with Crippen molar-refractivity contribution in [3.05, 3.63) is 35.9 Å². The minimum absolute atomic E-state index is 0. The standard InChI is InChI=1S/C17H25N3O2.ClH/c18-15(11-13-7-3-1-4-8-13)17(22)19-12-16(21)20-14-9-5-2-6-10-14;/h1,3-4,7-8,14-15H,2,5-6,9-12,18H2,(H,19,22)(H,20,21);1H/t15-;/m0./s1. The Labute approximate surface area is 143 Å². The Bertz CT molecular complexity index is 490. The third-order valence-corrected chi connectivity index (χ3v) is 4.03. The van der Waals surface area contributed by atoms with Crippen molar-refractivity contribution in [2.75, 3.05) is 6.54 Å². The molecule has 0 aromatic heterocycles. The molecule has 1 aromatic carbocycles. The molecule has 1 saturated carbocycles. The Morgan fingerprint density at radius 3 is 2.43 bits per heavy atom. The first-order chi connectivity index (χ1) is 10.6.